The number of nitrogens with zero attached hydrogens (tertiary/aromatic N) is 2. The molecule has 4 nitrogen and oxygen atoms in total. The zero-order valence-corrected chi connectivity index (χ0v) is 10.2. The molecule has 1 aromatic rings. The molecule has 0 saturated heterocycles. The predicted molar refractivity (Wildman–Crippen MR) is 66.0 cm³/mol. The van der Waals surface area contributed by atoms with Gasteiger partial charge in [-0.05, 0) is 6.92 Å². The van der Waals surface area contributed by atoms with Crippen LogP contribution < -0.4 is 0 Å². The normalized spacial score (nSPS) is 9.44. The summed E-state index contributed by atoms with van der Waals surface area (Å²) in [6.07, 6.45) is 0.624. The molecule has 0 spiro atoms. The summed E-state index contributed by atoms with van der Waals surface area (Å²) in [7, 11) is 0. The average Bonchev–Trinajstić information content (AvgIpc) is 2.21. The second-order valence-electron chi connectivity index (χ2n) is 2.96. The van der Waals surface area contributed by atoms with Gasteiger partial charge in [-0.3, -0.25) is 10.1 Å². The highest BCUT2D eigenvalue weighted by Gasteiger charge is 2.15. The van der Waals surface area contributed by atoms with Gasteiger partial charge in [0.15, 0.2) is 0 Å². The van der Waals surface area contributed by atoms with Gasteiger partial charge in [-0.25, -0.2) is 4.98 Å². The first kappa shape index (κ1) is 12.8. The van der Waals surface area contributed by atoms with Crippen LogP contribution in [-0.4, -0.2) is 15.7 Å². The maximum absolute atomic E-state index is 10.6. The number of thiol groups is 1. The summed E-state index contributed by atoms with van der Waals surface area (Å²) in [5.74, 6) is 6.31. The molecule has 0 amide bonds. The van der Waals surface area contributed by atoms with Crippen LogP contribution >= 0.6 is 24.2 Å². The molecular weight excluding hydrogens is 248 g/mol. The van der Waals surface area contributed by atoms with Gasteiger partial charge in [-0.2, -0.15) is 12.6 Å². The molecule has 0 atom stereocenters. The quantitative estimate of drug-likeness (QED) is 0.291. The zero-order valence-electron chi connectivity index (χ0n) is 8.53. The fourth-order valence-electron chi connectivity index (χ4n) is 1.03. The molecule has 0 N–H and O–H groups in total. The highest BCUT2D eigenvalue weighted by molar-refractivity contribution is 7.80. The Hall–Kier alpha value is -1.25. The third-order valence-electron chi connectivity index (χ3n) is 1.80. The smallest absolute Gasteiger partial charge is 0.258 e. The number of aromatic nitrogens is 1. The molecule has 0 aliphatic heterocycles. The zero-order chi connectivity index (χ0) is 12.1. The first-order valence-electron chi connectivity index (χ1n) is 4.47. The van der Waals surface area contributed by atoms with Crippen molar-refractivity contribution in [2.75, 3.05) is 5.75 Å². The molecule has 0 aliphatic rings. The molecule has 0 saturated carbocycles. The summed E-state index contributed by atoms with van der Waals surface area (Å²) in [5.41, 5.74) is 0.891. The van der Waals surface area contributed by atoms with Crippen LogP contribution in [0.15, 0.2) is 6.07 Å². The Labute approximate surface area is 104 Å². The summed E-state index contributed by atoms with van der Waals surface area (Å²) < 4.78 is 0. The van der Waals surface area contributed by atoms with Gasteiger partial charge in [0, 0.05) is 18.2 Å². The number of nitro groups is 1. The number of rotatable bonds is 2. The SMILES string of the molecule is Cc1nc(Cl)c([N+](=O)[O-])cc1C#CCCS. The lowest BCUT2D eigenvalue weighted by Gasteiger charge is -1.99. The fraction of sp³-hybridized carbons (Fsp3) is 0.300. The summed E-state index contributed by atoms with van der Waals surface area (Å²) in [5, 5.41) is 10.5. The Morgan fingerprint density at radius 1 is 1.69 bits per heavy atom. The van der Waals surface area contributed by atoms with Gasteiger partial charge < -0.3 is 0 Å². The van der Waals surface area contributed by atoms with Crippen LogP contribution in [0.1, 0.15) is 17.7 Å². The average molecular weight is 257 g/mol. The van der Waals surface area contributed by atoms with E-state index in [4.69, 9.17) is 11.6 Å². The molecule has 1 rings (SSSR count). The van der Waals surface area contributed by atoms with Crippen LogP contribution in [-0.2, 0) is 0 Å². The molecular formula is C10H9ClN2O2S. The molecule has 84 valence electrons. The second kappa shape index (κ2) is 5.73. The van der Waals surface area contributed by atoms with Gasteiger partial charge in [-0.1, -0.05) is 23.4 Å². The van der Waals surface area contributed by atoms with Crippen molar-refractivity contribution in [2.24, 2.45) is 0 Å². The van der Waals surface area contributed by atoms with Gasteiger partial charge in [0.1, 0.15) is 0 Å². The van der Waals surface area contributed by atoms with Crippen LogP contribution in [0.5, 0.6) is 0 Å². The van der Waals surface area contributed by atoms with Crippen LogP contribution in [0.4, 0.5) is 5.69 Å². The van der Waals surface area contributed by atoms with Crippen molar-refractivity contribution in [1.82, 2.24) is 4.98 Å². The van der Waals surface area contributed by atoms with Gasteiger partial charge in [0.25, 0.3) is 0 Å². The number of pyridine rings is 1. The van der Waals surface area contributed by atoms with Crippen molar-refractivity contribution in [3.05, 3.63) is 32.6 Å². The van der Waals surface area contributed by atoms with E-state index in [-0.39, 0.29) is 10.8 Å². The third kappa shape index (κ3) is 3.12. The minimum atomic E-state index is -0.571. The van der Waals surface area contributed by atoms with Gasteiger partial charge in [0.05, 0.1) is 16.2 Å². The molecule has 0 unspecified atom stereocenters. The van der Waals surface area contributed by atoms with Crippen molar-refractivity contribution in [3.8, 4) is 11.8 Å². The first-order chi connectivity index (χ1) is 7.56. The molecule has 0 aromatic carbocycles. The monoisotopic (exact) mass is 256 g/mol. The first-order valence-corrected chi connectivity index (χ1v) is 5.48. The molecule has 1 heterocycles. The summed E-state index contributed by atoms with van der Waals surface area (Å²) in [6.45, 7) is 1.71. The predicted octanol–water partition coefficient (Wildman–Crippen LogP) is 2.62. The molecule has 6 heteroatoms. The van der Waals surface area contributed by atoms with Crippen LogP contribution in [0.3, 0.4) is 0 Å². The van der Waals surface area contributed by atoms with E-state index in [2.05, 4.69) is 29.5 Å². The van der Waals surface area contributed by atoms with E-state index in [1.54, 1.807) is 6.92 Å². The van der Waals surface area contributed by atoms with Crippen LogP contribution in [0.25, 0.3) is 0 Å². The standard InChI is InChI=1S/C10H9ClN2O2S/c1-7-8(4-2-3-5-16)6-9(13(14)15)10(11)12-7/h6,16H,3,5H2,1H3. The molecule has 1 aromatic heterocycles. The lowest BCUT2D eigenvalue weighted by atomic mass is 10.2. The largest absolute Gasteiger partial charge is 0.307 e. The Morgan fingerprint density at radius 2 is 2.38 bits per heavy atom. The minimum Gasteiger partial charge on any atom is -0.258 e. The Balaban J connectivity index is 3.16. The van der Waals surface area contributed by atoms with E-state index >= 15 is 0 Å². The molecule has 0 radical (unpaired) electrons. The van der Waals surface area contributed by atoms with E-state index in [0.29, 0.717) is 23.4 Å². The third-order valence-corrected chi connectivity index (χ3v) is 2.31. The van der Waals surface area contributed by atoms with Crippen molar-refractivity contribution >= 4 is 29.9 Å². The molecule has 0 aliphatic carbocycles. The number of aryl methyl sites for hydroxylation is 1. The number of halogens is 1. The van der Waals surface area contributed by atoms with Crippen molar-refractivity contribution in [2.45, 2.75) is 13.3 Å². The van der Waals surface area contributed by atoms with E-state index in [9.17, 15) is 10.1 Å². The van der Waals surface area contributed by atoms with Crippen molar-refractivity contribution in [1.29, 1.82) is 0 Å². The minimum absolute atomic E-state index is 0.109. The molecule has 16 heavy (non-hydrogen) atoms. The van der Waals surface area contributed by atoms with Crippen LogP contribution in [0.2, 0.25) is 5.15 Å². The summed E-state index contributed by atoms with van der Waals surface area (Å²) >= 11 is 9.66. The van der Waals surface area contributed by atoms with E-state index in [1.807, 2.05) is 0 Å². The Kier molecular flexibility index (Phi) is 4.59. The van der Waals surface area contributed by atoms with E-state index < -0.39 is 4.92 Å². The maximum atomic E-state index is 10.6. The lowest BCUT2D eigenvalue weighted by molar-refractivity contribution is -0.385. The summed E-state index contributed by atoms with van der Waals surface area (Å²) in [6, 6.07) is 1.34. The van der Waals surface area contributed by atoms with E-state index in [1.165, 1.54) is 6.07 Å². The topological polar surface area (TPSA) is 56.0 Å². The van der Waals surface area contributed by atoms with Crippen molar-refractivity contribution < 1.29 is 4.92 Å². The lowest BCUT2D eigenvalue weighted by Crippen LogP contribution is -1.96. The van der Waals surface area contributed by atoms with Gasteiger partial charge in [-0.15, -0.1) is 0 Å². The number of hydrogen-bond donors (Lipinski definition) is 1. The maximum Gasteiger partial charge on any atom is 0.307 e. The molecule has 0 fully saturated rings. The molecule has 0 bridgehead atoms. The van der Waals surface area contributed by atoms with Crippen molar-refractivity contribution in [3.63, 3.8) is 0 Å². The summed E-state index contributed by atoms with van der Waals surface area (Å²) in [4.78, 5) is 13.9. The second-order valence-corrected chi connectivity index (χ2v) is 3.77. The fourth-order valence-corrected chi connectivity index (χ4v) is 1.40. The highest BCUT2D eigenvalue weighted by Crippen LogP contribution is 2.24. The van der Waals surface area contributed by atoms with E-state index in [0.717, 1.165) is 0 Å². The highest BCUT2D eigenvalue weighted by atomic mass is 35.5. The Bertz CT molecular complexity index is 480. The van der Waals surface area contributed by atoms with Gasteiger partial charge >= 0.3 is 5.69 Å². The van der Waals surface area contributed by atoms with Crippen LogP contribution in [0, 0.1) is 28.9 Å². The van der Waals surface area contributed by atoms with Gasteiger partial charge in [0.2, 0.25) is 5.15 Å². The Morgan fingerprint density at radius 3 is 2.94 bits per heavy atom. The number of hydrogen-bond acceptors (Lipinski definition) is 4.